The second-order valence-electron chi connectivity index (χ2n) is 8.77. The van der Waals surface area contributed by atoms with Crippen LogP contribution >= 0.6 is 0 Å². The normalized spacial score (nSPS) is 21.6. The first-order chi connectivity index (χ1) is 15.3. The van der Waals surface area contributed by atoms with Crippen molar-refractivity contribution >= 4 is 22.6 Å². The van der Waals surface area contributed by atoms with Crippen molar-refractivity contribution in [2.75, 3.05) is 26.2 Å². The number of fused-ring (bicyclic) bond motifs is 1. The summed E-state index contributed by atoms with van der Waals surface area (Å²) in [6.45, 7) is 1.28. The van der Waals surface area contributed by atoms with Crippen molar-refractivity contribution in [2.24, 2.45) is 11.8 Å². The van der Waals surface area contributed by atoms with Crippen molar-refractivity contribution in [2.45, 2.75) is 38.0 Å². The summed E-state index contributed by atoms with van der Waals surface area (Å²) in [6, 6.07) is 13.3. The summed E-state index contributed by atoms with van der Waals surface area (Å²) >= 11 is 0. The fourth-order valence-corrected chi connectivity index (χ4v) is 4.91. The number of piperidine rings is 2. The summed E-state index contributed by atoms with van der Waals surface area (Å²) in [6.07, 6.45) is -5.37. The molecule has 2 saturated heterocycles. The molecule has 1 N–H and O–H groups in total. The third-order valence-corrected chi connectivity index (χ3v) is 6.71. The molecule has 0 bridgehead atoms. The van der Waals surface area contributed by atoms with Gasteiger partial charge in [0.05, 0.1) is 5.92 Å². The Kier molecular flexibility index (Phi) is 6.42. The zero-order valence-electron chi connectivity index (χ0n) is 17.7. The Morgan fingerprint density at radius 2 is 1.62 bits per heavy atom. The molecule has 4 rings (SSSR count). The van der Waals surface area contributed by atoms with Gasteiger partial charge in [-0.3, -0.25) is 9.59 Å². The van der Waals surface area contributed by atoms with E-state index >= 15 is 0 Å². The number of carbonyl (C=O) groups is 2. The molecule has 5 nitrogen and oxygen atoms in total. The van der Waals surface area contributed by atoms with Gasteiger partial charge in [-0.05, 0) is 48.4 Å². The fourth-order valence-electron chi connectivity index (χ4n) is 4.91. The van der Waals surface area contributed by atoms with Crippen LogP contribution in [-0.4, -0.2) is 65.2 Å². The predicted molar refractivity (Wildman–Crippen MR) is 114 cm³/mol. The number of alkyl halides is 3. The lowest BCUT2D eigenvalue weighted by Crippen LogP contribution is -2.50. The first kappa shape index (κ1) is 22.6. The maximum absolute atomic E-state index is 13.2. The van der Waals surface area contributed by atoms with Gasteiger partial charge in [0.15, 0.2) is 6.10 Å². The largest absolute Gasteiger partial charge is 0.414 e. The van der Waals surface area contributed by atoms with Crippen LogP contribution in [-0.2, 0) is 4.79 Å². The molecule has 0 aliphatic carbocycles. The SMILES string of the molecule is O=C(c1cccc2ccccc12)N1CCC[C@@H](C(=O)N2CCC([C@@H](O)C(F)(F)F)CC2)C1. The number of likely N-dealkylation sites (tertiary alicyclic amines) is 2. The average molecular weight is 448 g/mol. The minimum atomic E-state index is -4.64. The summed E-state index contributed by atoms with van der Waals surface area (Å²) in [5.41, 5.74) is 0.609. The summed E-state index contributed by atoms with van der Waals surface area (Å²) in [4.78, 5) is 29.6. The van der Waals surface area contributed by atoms with E-state index in [9.17, 15) is 27.9 Å². The highest BCUT2D eigenvalue weighted by molar-refractivity contribution is 6.07. The second kappa shape index (κ2) is 9.10. The van der Waals surface area contributed by atoms with E-state index in [1.165, 1.54) is 0 Å². The van der Waals surface area contributed by atoms with Gasteiger partial charge in [-0.25, -0.2) is 0 Å². The Morgan fingerprint density at radius 1 is 0.938 bits per heavy atom. The molecule has 0 radical (unpaired) electrons. The molecule has 0 unspecified atom stereocenters. The number of benzene rings is 2. The summed E-state index contributed by atoms with van der Waals surface area (Å²) in [7, 11) is 0. The number of hydrogen-bond donors (Lipinski definition) is 1. The molecular weight excluding hydrogens is 421 g/mol. The Bertz CT molecular complexity index is 981. The van der Waals surface area contributed by atoms with Gasteiger partial charge in [-0.15, -0.1) is 0 Å². The first-order valence-electron chi connectivity index (χ1n) is 11.1. The van der Waals surface area contributed by atoms with Crippen LogP contribution in [0, 0.1) is 11.8 Å². The molecule has 2 heterocycles. The molecule has 2 fully saturated rings. The molecule has 2 atom stereocenters. The van der Waals surface area contributed by atoms with E-state index < -0.39 is 18.2 Å². The molecule has 32 heavy (non-hydrogen) atoms. The molecule has 2 aromatic carbocycles. The van der Waals surface area contributed by atoms with Gasteiger partial charge in [-0.2, -0.15) is 13.2 Å². The number of amides is 2. The third-order valence-electron chi connectivity index (χ3n) is 6.71. The van der Waals surface area contributed by atoms with E-state index in [0.29, 0.717) is 31.5 Å². The number of nitrogens with zero attached hydrogens (tertiary/aromatic N) is 2. The van der Waals surface area contributed by atoms with Crippen LogP contribution in [0.25, 0.3) is 10.8 Å². The van der Waals surface area contributed by atoms with Gasteiger partial charge < -0.3 is 14.9 Å². The lowest BCUT2D eigenvalue weighted by molar-refractivity contribution is -0.223. The van der Waals surface area contributed by atoms with Gasteiger partial charge in [0.25, 0.3) is 5.91 Å². The van der Waals surface area contributed by atoms with Crippen LogP contribution in [0.4, 0.5) is 13.2 Å². The predicted octanol–water partition coefficient (Wildman–Crippen LogP) is 3.85. The van der Waals surface area contributed by atoms with Crippen LogP contribution in [0.3, 0.4) is 0 Å². The second-order valence-corrected chi connectivity index (χ2v) is 8.77. The first-order valence-corrected chi connectivity index (χ1v) is 11.1. The van der Waals surface area contributed by atoms with Gasteiger partial charge >= 0.3 is 6.18 Å². The Hall–Kier alpha value is -2.61. The Labute approximate surface area is 184 Å². The number of carbonyl (C=O) groups excluding carboxylic acids is 2. The lowest BCUT2D eigenvalue weighted by Gasteiger charge is -2.39. The van der Waals surface area contributed by atoms with Crippen molar-refractivity contribution < 1.29 is 27.9 Å². The molecule has 0 aromatic heterocycles. The van der Waals surface area contributed by atoms with Crippen LogP contribution in [0.1, 0.15) is 36.0 Å². The van der Waals surface area contributed by atoms with Gasteiger partial charge in [0.2, 0.25) is 5.91 Å². The zero-order chi connectivity index (χ0) is 22.9. The molecule has 2 aliphatic rings. The number of aliphatic hydroxyl groups excluding tert-OH is 1. The Morgan fingerprint density at radius 3 is 2.34 bits per heavy atom. The smallest absolute Gasteiger partial charge is 0.383 e. The Balaban J connectivity index is 1.40. The zero-order valence-corrected chi connectivity index (χ0v) is 17.7. The van der Waals surface area contributed by atoms with E-state index in [1.54, 1.807) is 15.9 Å². The summed E-state index contributed by atoms with van der Waals surface area (Å²) < 4.78 is 38.3. The van der Waals surface area contributed by atoms with Crippen molar-refractivity contribution in [3.05, 3.63) is 48.0 Å². The van der Waals surface area contributed by atoms with Crippen molar-refractivity contribution in [3.63, 3.8) is 0 Å². The quantitative estimate of drug-likeness (QED) is 0.776. The molecular formula is C24H27F3N2O3. The molecule has 2 aromatic rings. The minimum Gasteiger partial charge on any atom is -0.383 e. The van der Waals surface area contributed by atoms with E-state index in [0.717, 1.165) is 10.8 Å². The fraction of sp³-hybridized carbons (Fsp3) is 0.500. The molecule has 0 saturated carbocycles. The van der Waals surface area contributed by atoms with Gasteiger partial charge in [-0.1, -0.05) is 36.4 Å². The van der Waals surface area contributed by atoms with Gasteiger partial charge in [0, 0.05) is 31.7 Å². The number of aliphatic hydroxyl groups is 1. The monoisotopic (exact) mass is 448 g/mol. The summed E-state index contributed by atoms with van der Waals surface area (Å²) in [5, 5.41) is 11.3. The van der Waals surface area contributed by atoms with Crippen molar-refractivity contribution in [1.29, 1.82) is 0 Å². The highest BCUT2D eigenvalue weighted by Crippen LogP contribution is 2.32. The van der Waals surface area contributed by atoms with Crippen LogP contribution in [0.5, 0.6) is 0 Å². The van der Waals surface area contributed by atoms with Crippen LogP contribution in [0.15, 0.2) is 42.5 Å². The van der Waals surface area contributed by atoms with Crippen LogP contribution in [0.2, 0.25) is 0 Å². The number of hydrogen-bond acceptors (Lipinski definition) is 3. The maximum Gasteiger partial charge on any atom is 0.414 e. The number of halogens is 3. The molecule has 0 spiro atoms. The highest BCUT2D eigenvalue weighted by Gasteiger charge is 2.45. The number of rotatable bonds is 3. The van der Waals surface area contributed by atoms with Gasteiger partial charge in [0.1, 0.15) is 0 Å². The minimum absolute atomic E-state index is 0.105. The molecule has 2 aliphatic heterocycles. The van der Waals surface area contributed by atoms with E-state index in [2.05, 4.69) is 0 Å². The van der Waals surface area contributed by atoms with Crippen LogP contribution < -0.4 is 0 Å². The average Bonchev–Trinajstić information content (AvgIpc) is 2.82. The summed E-state index contributed by atoms with van der Waals surface area (Å²) in [5.74, 6) is -1.45. The standard InChI is InChI=1S/C24H27F3N2O3/c25-24(26,27)21(30)17-10-13-28(14-11-17)22(31)18-7-4-12-29(15-18)23(32)20-9-3-6-16-5-1-2-8-19(16)20/h1-3,5-6,8-9,17-18,21,30H,4,7,10-15H2/t18-,21-/m1/s1. The van der Waals surface area contributed by atoms with E-state index in [1.807, 2.05) is 36.4 Å². The van der Waals surface area contributed by atoms with Crippen molar-refractivity contribution in [3.8, 4) is 0 Å². The maximum atomic E-state index is 13.2. The molecule has 172 valence electrons. The van der Waals surface area contributed by atoms with Crippen molar-refractivity contribution in [1.82, 2.24) is 9.80 Å². The van der Waals surface area contributed by atoms with E-state index in [-0.39, 0.29) is 43.7 Å². The lowest BCUT2D eigenvalue weighted by atomic mass is 9.89. The molecule has 8 heteroatoms. The highest BCUT2D eigenvalue weighted by atomic mass is 19.4. The topological polar surface area (TPSA) is 60.9 Å². The van der Waals surface area contributed by atoms with E-state index in [4.69, 9.17) is 0 Å². The third kappa shape index (κ3) is 4.60. The molecule has 2 amide bonds.